The van der Waals surface area contributed by atoms with Gasteiger partial charge in [-0.25, -0.2) is 18.5 Å². The number of nitrogens with zero attached hydrogens (tertiary/aromatic N) is 1. The van der Waals surface area contributed by atoms with E-state index in [1.807, 2.05) is 0 Å². The number of hydrogen-bond donors (Lipinski definition) is 3. The van der Waals surface area contributed by atoms with Crippen molar-refractivity contribution < 1.29 is 27.9 Å². The maximum atomic E-state index is 11.8. The van der Waals surface area contributed by atoms with Crippen LogP contribution >= 0.6 is 11.8 Å². The average molecular weight is 385 g/mol. The molecule has 1 fully saturated rings. The van der Waals surface area contributed by atoms with Crippen LogP contribution in [0.4, 0.5) is 5.69 Å². The number of benzene rings is 1. The van der Waals surface area contributed by atoms with Gasteiger partial charge in [0.05, 0.1) is 23.1 Å². The highest BCUT2D eigenvalue weighted by Gasteiger charge is 2.32. The van der Waals surface area contributed by atoms with Gasteiger partial charge in [0.25, 0.3) is 0 Å². The number of carbonyl (C=O) groups is 3. The van der Waals surface area contributed by atoms with Gasteiger partial charge in [-0.15, -0.1) is 0 Å². The summed E-state index contributed by atoms with van der Waals surface area (Å²) in [5.74, 6) is -2.47. The molecule has 2 amide bonds. The monoisotopic (exact) mass is 385 g/mol. The van der Waals surface area contributed by atoms with E-state index < -0.39 is 39.6 Å². The van der Waals surface area contributed by atoms with Gasteiger partial charge < -0.3 is 20.5 Å². The highest BCUT2D eigenvalue weighted by Crippen LogP contribution is 2.25. The number of carboxylic acids is 1. The molecule has 1 atom stereocenters. The number of nitrogens with two attached hydrogens (primary N) is 1. The van der Waals surface area contributed by atoms with Crippen LogP contribution in [-0.4, -0.2) is 43.2 Å². The molecular weight excluding hydrogens is 372 g/mol. The van der Waals surface area contributed by atoms with Gasteiger partial charge in [-0.3, -0.25) is 9.59 Å². The number of carboxylic acid groups (broad SMARTS) is 1. The summed E-state index contributed by atoms with van der Waals surface area (Å²) in [4.78, 5) is 37.7. The largest absolute Gasteiger partial charge is 0.548 e. The lowest BCUT2D eigenvalue weighted by atomic mass is 10.2. The maximum Gasteiger partial charge on any atom is 0.240 e. The van der Waals surface area contributed by atoms with Crippen LogP contribution in [0.25, 0.3) is 0 Å². The van der Waals surface area contributed by atoms with Crippen molar-refractivity contribution in [1.82, 2.24) is 10.6 Å². The van der Waals surface area contributed by atoms with E-state index in [1.54, 1.807) is 0 Å². The number of primary sulfonamides is 1. The van der Waals surface area contributed by atoms with E-state index in [4.69, 9.17) is 5.14 Å². The fraction of sp³-hybridized carbons (Fsp3) is 0.231. The first-order valence-electron chi connectivity index (χ1n) is 6.81. The van der Waals surface area contributed by atoms with Gasteiger partial charge in [-0.1, -0.05) is 11.8 Å². The molecule has 1 saturated heterocycles. The van der Waals surface area contributed by atoms with Crippen LogP contribution in [-0.2, 0) is 24.4 Å². The highest BCUT2D eigenvalue weighted by molar-refractivity contribution is 8.15. The van der Waals surface area contributed by atoms with E-state index in [2.05, 4.69) is 15.6 Å². The molecule has 0 bridgehead atoms. The van der Waals surface area contributed by atoms with Gasteiger partial charge in [-0.2, -0.15) is 0 Å². The lowest BCUT2D eigenvalue weighted by Gasteiger charge is -2.07. The molecule has 12 heteroatoms. The highest BCUT2D eigenvalue weighted by atomic mass is 32.2. The number of hydrogen-bond acceptors (Lipinski definition) is 8. The van der Waals surface area contributed by atoms with Gasteiger partial charge in [0.15, 0.2) is 5.17 Å². The number of carbonyl (C=O) groups excluding carboxylic acids is 3. The molecule has 10 nitrogen and oxygen atoms in total. The zero-order valence-corrected chi connectivity index (χ0v) is 14.2. The van der Waals surface area contributed by atoms with E-state index in [-0.39, 0.29) is 16.5 Å². The van der Waals surface area contributed by atoms with Gasteiger partial charge >= 0.3 is 0 Å². The van der Waals surface area contributed by atoms with Crippen LogP contribution in [0.2, 0.25) is 0 Å². The minimum atomic E-state index is -3.80. The van der Waals surface area contributed by atoms with E-state index in [0.29, 0.717) is 5.69 Å². The summed E-state index contributed by atoms with van der Waals surface area (Å²) in [5.41, 5.74) is 0.386. The molecule has 0 aromatic heterocycles. The summed E-state index contributed by atoms with van der Waals surface area (Å²) in [7, 11) is -3.80. The number of amidine groups is 1. The molecule has 1 aliphatic rings. The van der Waals surface area contributed by atoms with Crippen molar-refractivity contribution in [2.75, 3.05) is 6.54 Å². The Kier molecular flexibility index (Phi) is 5.77. The first-order chi connectivity index (χ1) is 11.6. The van der Waals surface area contributed by atoms with Crippen molar-refractivity contribution in [1.29, 1.82) is 0 Å². The molecule has 0 aliphatic carbocycles. The molecule has 1 unspecified atom stereocenters. The van der Waals surface area contributed by atoms with Crippen LogP contribution in [0, 0.1) is 0 Å². The molecule has 1 aliphatic heterocycles. The van der Waals surface area contributed by atoms with Crippen LogP contribution < -0.4 is 20.9 Å². The lowest BCUT2D eigenvalue weighted by molar-refractivity contribution is -0.304. The van der Waals surface area contributed by atoms with Crippen LogP contribution in [0.3, 0.4) is 0 Å². The van der Waals surface area contributed by atoms with Crippen molar-refractivity contribution >= 4 is 50.4 Å². The molecule has 1 aromatic rings. The van der Waals surface area contributed by atoms with Crippen LogP contribution in [0.1, 0.15) is 6.42 Å². The number of sulfonamides is 1. The first kappa shape index (κ1) is 18.9. The molecule has 0 saturated carbocycles. The first-order valence-corrected chi connectivity index (χ1v) is 9.23. The Balaban J connectivity index is 2.00. The molecule has 1 heterocycles. The minimum Gasteiger partial charge on any atom is -0.548 e. The third kappa shape index (κ3) is 5.55. The summed E-state index contributed by atoms with van der Waals surface area (Å²) in [5, 5.41) is 19.4. The van der Waals surface area contributed by atoms with Crippen molar-refractivity contribution in [2.24, 2.45) is 10.1 Å². The third-order valence-corrected chi connectivity index (χ3v) is 4.98. The molecule has 0 radical (unpaired) electrons. The smallest absolute Gasteiger partial charge is 0.240 e. The lowest BCUT2D eigenvalue weighted by Crippen LogP contribution is -2.39. The van der Waals surface area contributed by atoms with Crippen molar-refractivity contribution in [2.45, 2.75) is 16.6 Å². The topological polar surface area (TPSA) is 171 Å². The molecule has 4 N–H and O–H groups in total. The van der Waals surface area contributed by atoms with E-state index in [9.17, 15) is 27.9 Å². The Morgan fingerprint density at radius 1 is 1.32 bits per heavy atom. The quantitative estimate of drug-likeness (QED) is 0.499. The molecular formula is C13H13N4O6S2-. The Labute approximate surface area is 146 Å². The number of aliphatic carboxylic acids is 1. The molecule has 0 spiro atoms. The summed E-state index contributed by atoms with van der Waals surface area (Å²) >= 11 is 1.01. The number of amides is 2. The van der Waals surface area contributed by atoms with E-state index in [1.165, 1.54) is 24.3 Å². The number of rotatable bonds is 6. The summed E-state index contributed by atoms with van der Waals surface area (Å²) in [6.07, 6.45) is -0.215. The SMILES string of the molecule is NS(=O)(=O)c1ccc(N=C2NC(=O)C(CC(=O)NCC(=O)[O-])S2)cc1. The molecule has 1 aromatic carbocycles. The Morgan fingerprint density at radius 3 is 2.52 bits per heavy atom. The summed E-state index contributed by atoms with van der Waals surface area (Å²) in [6, 6.07) is 5.39. The number of thioether (sulfide) groups is 1. The van der Waals surface area contributed by atoms with Crippen LogP contribution in [0.5, 0.6) is 0 Å². The normalized spacial score (nSPS) is 18.8. The van der Waals surface area contributed by atoms with Gasteiger partial charge in [-0.05, 0) is 24.3 Å². The average Bonchev–Trinajstić information content (AvgIpc) is 2.84. The molecule has 25 heavy (non-hydrogen) atoms. The predicted molar refractivity (Wildman–Crippen MR) is 87.1 cm³/mol. The van der Waals surface area contributed by atoms with E-state index in [0.717, 1.165) is 11.8 Å². The van der Waals surface area contributed by atoms with Crippen molar-refractivity contribution in [3.05, 3.63) is 24.3 Å². The Bertz CT molecular complexity index is 835. The van der Waals surface area contributed by atoms with Gasteiger partial charge in [0.2, 0.25) is 21.8 Å². The Hall–Kier alpha value is -2.44. The molecule has 2 rings (SSSR count). The molecule has 134 valence electrons. The second-order valence-corrected chi connectivity index (χ2v) is 7.66. The van der Waals surface area contributed by atoms with Crippen molar-refractivity contribution in [3.8, 4) is 0 Å². The summed E-state index contributed by atoms with van der Waals surface area (Å²) in [6.45, 7) is -0.630. The second kappa shape index (κ2) is 7.63. The zero-order chi connectivity index (χ0) is 18.6. The number of aliphatic imine (C=N–C) groups is 1. The Morgan fingerprint density at radius 2 is 1.96 bits per heavy atom. The third-order valence-electron chi connectivity index (χ3n) is 2.97. The standard InChI is InChI=1S/C13H14N4O6S2/c14-25(22,23)8-3-1-7(2-4-8)16-13-17-12(21)9(24-13)5-10(18)15-6-11(19)20/h1-4,9H,5-6H2,(H,15,18)(H,19,20)(H2,14,22,23)(H,16,17,21)/p-1. The minimum absolute atomic E-state index is 0.0676. The van der Waals surface area contributed by atoms with Crippen molar-refractivity contribution in [3.63, 3.8) is 0 Å². The predicted octanol–water partition coefficient (Wildman–Crippen LogP) is -2.19. The second-order valence-electron chi connectivity index (χ2n) is 4.90. The van der Waals surface area contributed by atoms with Gasteiger partial charge in [0, 0.05) is 6.42 Å². The van der Waals surface area contributed by atoms with E-state index >= 15 is 0 Å². The van der Waals surface area contributed by atoms with Crippen LogP contribution in [0.15, 0.2) is 34.2 Å². The number of nitrogens with one attached hydrogen (secondary N) is 2. The fourth-order valence-corrected chi connectivity index (χ4v) is 3.33. The summed E-state index contributed by atoms with van der Waals surface area (Å²) < 4.78 is 22.4. The fourth-order valence-electron chi connectivity index (χ4n) is 1.83. The van der Waals surface area contributed by atoms with Gasteiger partial charge in [0.1, 0.15) is 5.25 Å². The maximum absolute atomic E-state index is 11.8. The zero-order valence-electron chi connectivity index (χ0n) is 12.6.